The molecule has 94 valence electrons. The van der Waals surface area contributed by atoms with Crippen LogP contribution in [0.2, 0.25) is 0 Å². The van der Waals surface area contributed by atoms with Crippen molar-refractivity contribution < 1.29 is 14.6 Å². The zero-order chi connectivity index (χ0) is 12.0. The zero-order valence-electron chi connectivity index (χ0n) is 10.3. The maximum atomic E-state index is 12.2. The van der Waals surface area contributed by atoms with Crippen molar-refractivity contribution in [1.29, 1.82) is 0 Å². The number of nitrogens with zero attached hydrogens (tertiary/aromatic N) is 1. The van der Waals surface area contributed by atoms with E-state index < -0.39 is 0 Å². The number of rotatable bonds is 5. The first-order valence-corrected chi connectivity index (χ1v) is 6.19. The highest BCUT2D eigenvalue weighted by atomic mass is 16.5. The molecule has 1 unspecified atom stereocenters. The van der Waals surface area contributed by atoms with E-state index in [-0.39, 0.29) is 24.7 Å². The van der Waals surface area contributed by atoms with Crippen molar-refractivity contribution in [3.63, 3.8) is 0 Å². The third-order valence-electron chi connectivity index (χ3n) is 2.92. The largest absolute Gasteiger partial charge is 0.396 e. The first-order chi connectivity index (χ1) is 7.66. The van der Waals surface area contributed by atoms with Crippen molar-refractivity contribution in [3.8, 4) is 0 Å². The quantitative estimate of drug-likeness (QED) is 0.770. The molecule has 1 heterocycles. The molecular weight excluding hydrogens is 206 g/mol. The van der Waals surface area contributed by atoms with E-state index in [0.717, 1.165) is 19.3 Å². The lowest BCUT2D eigenvalue weighted by Crippen LogP contribution is -2.45. The van der Waals surface area contributed by atoms with Crippen LogP contribution < -0.4 is 0 Å². The average Bonchev–Trinajstić information content (AvgIpc) is 2.30. The van der Waals surface area contributed by atoms with Crippen LogP contribution in [0.1, 0.15) is 39.5 Å². The van der Waals surface area contributed by atoms with Crippen LogP contribution in [-0.4, -0.2) is 47.8 Å². The summed E-state index contributed by atoms with van der Waals surface area (Å²) in [5, 5.41) is 8.82. The second-order valence-electron chi connectivity index (χ2n) is 4.56. The van der Waals surface area contributed by atoms with Gasteiger partial charge in [-0.25, -0.2) is 0 Å². The topological polar surface area (TPSA) is 49.8 Å². The lowest BCUT2D eigenvalue weighted by Gasteiger charge is -2.32. The molecule has 0 aromatic heterocycles. The molecule has 1 amide bonds. The number of ether oxygens (including phenoxy) is 1. The van der Waals surface area contributed by atoms with Crippen LogP contribution in [0.25, 0.3) is 0 Å². The second-order valence-corrected chi connectivity index (χ2v) is 4.56. The number of aliphatic hydroxyl groups excluding tert-OH is 1. The fourth-order valence-electron chi connectivity index (χ4n) is 1.98. The van der Waals surface area contributed by atoms with Crippen LogP contribution >= 0.6 is 0 Å². The van der Waals surface area contributed by atoms with Crippen molar-refractivity contribution in [1.82, 2.24) is 4.90 Å². The molecule has 0 spiro atoms. The summed E-state index contributed by atoms with van der Waals surface area (Å²) < 4.78 is 5.50. The Hall–Kier alpha value is -0.610. The number of carbonyl (C=O) groups excluding carboxylic acids is 1. The Morgan fingerprint density at radius 3 is 2.75 bits per heavy atom. The van der Waals surface area contributed by atoms with Crippen LogP contribution in [0.15, 0.2) is 0 Å². The molecule has 0 bridgehead atoms. The molecule has 0 aromatic rings. The van der Waals surface area contributed by atoms with Gasteiger partial charge in [-0.05, 0) is 39.5 Å². The first-order valence-electron chi connectivity index (χ1n) is 6.19. The first kappa shape index (κ1) is 13.5. The summed E-state index contributed by atoms with van der Waals surface area (Å²) in [7, 11) is 0. The Balaban J connectivity index is 2.51. The number of hydrogen-bond donors (Lipinski definition) is 1. The zero-order valence-corrected chi connectivity index (χ0v) is 10.3. The predicted molar refractivity (Wildman–Crippen MR) is 62.1 cm³/mol. The van der Waals surface area contributed by atoms with Crippen LogP contribution in [-0.2, 0) is 9.53 Å². The van der Waals surface area contributed by atoms with E-state index in [1.807, 2.05) is 18.7 Å². The molecule has 0 aliphatic carbocycles. The van der Waals surface area contributed by atoms with Crippen molar-refractivity contribution in [2.24, 2.45) is 0 Å². The SMILES string of the molecule is CC(C)N(CCCO)C(=O)C1CCCCO1. The van der Waals surface area contributed by atoms with E-state index in [1.165, 1.54) is 0 Å². The van der Waals surface area contributed by atoms with E-state index >= 15 is 0 Å². The molecule has 1 saturated heterocycles. The summed E-state index contributed by atoms with van der Waals surface area (Å²) in [6.45, 7) is 5.44. The number of aliphatic hydroxyl groups is 1. The summed E-state index contributed by atoms with van der Waals surface area (Å²) in [6.07, 6.45) is 3.34. The van der Waals surface area contributed by atoms with Gasteiger partial charge in [0, 0.05) is 25.8 Å². The van der Waals surface area contributed by atoms with Gasteiger partial charge in [0.2, 0.25) is 0 Å². The molecule has 4 heteroatoms. The summed E-state index contributed by atoms with van der Waals surface area (Å²) in [5.41, 5.74) is 0. The molecule has 1 atom stereocenters. The van der Waals surface area contributed by atoms with Crippen LogP contribution in [0.4, 0.5) is 0 Å². The van der Waals surface area contributed by atoms with Gasteiger partial charge >= 0.3 is 0 Å². The summed E-state index contributed by atoms with van der Waals surface area (Å²) in [5.74, 6) is 0.0863. The van der Waals surface area contributed by atoms with Gasteiger partial charge in [0.1, 0.15) is 6.10 Å². The Morgan fingerprint density at radius 2 is 2.25 bits per heavy atom. The molecular formula is C12H23NO3. The van der Waals surface area contributed by atoms with Crippen LogP contribution in [0.5, 0.6) is 0 Å². The van der Waals surface area contributed by atoms with Crippen molar-refractivity contribution in [2.75, 3.05) is 19.8 Å². The van der Waals surface area contributed by atoms with Crippen molar-refractivity contribution in [3.05, 3.63) is 0 Å². The molecule has 4 nitrogen and oxygen atoms in total. The third-order valence-corrected chi connectivity index (χ3v) is 2.92. The van der Waals surface area contributed by atoms with Gasteiger partial charge in [-0.2, -0.15) is 0 Å². The molecule has 0 saturated carbocycles. The smallest absolute Gasteiger partial charge is 0.251 e. The van der Waals surface area contributed by atoms with Gasteiger partial charge in [0.15, 0.2) is 0 Å². The monoisotopic (exact) mass is 229 g/mol. The summed E-state index contributed by atoms with van der Waals surface area (Å²) in [6, 6.07) is 0.171. The van der Waals surface area contributed by atoms with E-state index in [1.54, 1.807) is 0 Å². The van der Waals surface area contributed by atoms with E-state index in [9.17, 15) is 4.79 Å². The Kier molecular flexibility index (Phi) is 5.77. The highest BCUT2D eigenvalue weighted by Crippen LogP contribution is 2.16. The summed E-state index contributed by atoms with van der Waals surface area (Å²) in [4.78, 5) is 14.0. The molecule has 1 rings (SSSR count). The van der Waals surface area contributed by atoms with Gasteiger partial charge in [-0.15, -0.1) is 0 Å². The number of amides is 1. The minimum Gasteiger partial charge on any atom is -0.396 e. The normalized spacial score (nSPS) is 21.1. The predicted octanol–water partition coefficient (Wildman–Crippen LogP) is 1.17. The number of hydrogen-bond acceptors (Lipinski definition) is 3. The average molecular weight is 229 g/mol. The third kappa shape index (κ3) is 3.76. The maximum absolute atomic E-state index is 12.2. The molecule has 1 N–H and O–H groups in total. The van der Waals surface area contributed by atoms with Gasteiger partial charge < -0.3 is 14.7 Å². The minimum atomic E-state index is -0.255. The lowest BCUT2D eigenvalue weighted by molar-refractivity contribution is -0.148. The fourth-order valence-corrected chi connectivity index (χ4v) is 1.98. The van der Waals surface area contributed by atoms with E-state index in [0.29, 0.717) is 19.6 Å². The van der Waals surface area contributed by atoms with Crippen LogP contribution in [0.3, 0.4) is 0 Å². The second kappa shape index (κ2) is 6.86. The van der Waals surface area contributed by atoms with E-state index in [4.69, 9.17) is 9.84 Å². The van der Waals surface area contributed by atoms with Crippen molar-refractivity contribution in [2.45, 2.75) is 51.7 Å². The van der Waals surface area contributed by atoms with Gasteiger partial charge in [0.05, 0.1) is 0 Å². The lowest BCUT2D eigenvalue weighted by atomic mass is 10.1. The van der Waals surface area contributed by atoms with E-state index in [2.05, 4.69) is 0 Å². The van der Waals surface area contributed by atoms with Gasteiger partial charge in [-0.3, -0.25) is 4.79 Å². The standard InChI is InChI=1S/C12H23NO3/c1-10(2)13(7-5-8-14)12(15)11-6-3-4-9-16-11/h10-11,14H,3-9H2,1-2H3. The highest BCUT2D eigenvalue weighted by Gasteiger charge is 2.27. The Labute approximate surface area is 97.6 Å². The minimum absolute atomic E-state index is 0.0863. The number of carbonyl (C=O) groups is 1. The van der Waals surface area contributed by atoms with Crippen LogP contribution in [0, 0.1) is 0 Å². The molecule has 0 radical (unpaired) electrons. The van der Waals surface area contributed by atoms with Gasteiger partial charge in [-0.1, -0.05) is 0 Å². The molecule has 1 fully saturated rings. The fraction of sp³-hybridized carbons (Fsp3) is 0.917. The maximum Gasteiger partial charge on any atom is 0.251 e. The Morgan fingerprint density at radius 1 is 1.50 bits per heavy atom. The summed E-state index contributed by atoms with van der Waals surface area (Å²) >= 11 is 0. The Bertz CT molecular complexity index is 212. The molecule has 1 aliphatic heterocycles. The molecule has 16 heavy (non-hydrogen) atoms. The van der Waals surface area contributed by atoms with Gasteiger partial charge in [0.25, 0.3) is 5.91 Å². The highest BCUT2D eigenvalue weighted by molar-refractivity contribution is 5.81. The molecule has 1 aliphatic rings. The molecule has 0 aromatic carbocycles. The van der Waals surface area contributed by atoms with Crippen molar-refractivity contribution >= 4 is 5.91 Å².